The van der Waals surface area contributed by atoms with Crippen LogP contribution in [0.25, 0.3) is 11.6 Å². The van der Waals surface area contributed by atoms with Crippen LogP contribution in [0, 0.1) is 6.92 Å². The van der Waals surface area contributed by atoms with Gasteiger partial charge in [-0.2, -0.15) is 5.10 Å². The summed E-state index contributed by atoms with van der Waals surface area (Å²) in [4.78, 5) is 16.9. The normalized spacial score (nSPS) is 15.0. The zero-order chi connectivity index (χ0) is 21.1. The zero-order valence-electron chi connectivity index (χ0n) is 17.2. The molecule has 9 heteroatoms. The monoisotopic (exact) mass is 428 g/mol. The van der Waals surface area contributed by atoms with E-state index in [0.717, 1.165) is 49.1 Å². The molecule has 0 aliphatic carbocycles. The van der Waals surface area contributed by atoms with Gasteiger partial charge >= 0.3 is 0 Å². The summed E-state index contributed by atoms with van der Waals surface area (Å²) in [6.45, 7) is 5.97. The smallest absolute Gasteiger partial charge is 0.265 e. The molecule has 1 amide bonds. The van der Waals surface area contributed by atoms with Crippen molar-refractivity contribution in [3.63, 3.8) is 0 Å². The van der Waals surface area contributed by atoms with Gasteiger partial charge in [0.05, 0.1) is 5.69 Å². The average molecular weight is 429 g/mol. The second kappa shape index (κ2) is 8.97. The predicted molar refractivity (Wildman–Crippen MR) is 113 cm³/mol. The molecule has 1 aliphatic heterocycles. The van der Waals surface area contributed by atoms with Gasteiger partial charge < -0.3 is 9.32 Å². The summed E-state index contributed by atoms with van der Waals surface area (Å²) >= 11 is 5.95. The molecule has 3 aromatic rings. The maximum Gasteiger partial charge on any atom is 0.265 e. The predicted octanol–water partition coefficient (Wildman–Crippen LogP) is 2.71. The third-order valence-corrected chi connectivity index (χ3v) is 5.54. The van der Waals surface area contributed by atoms with Crippen LogP contribution in [0.5, 0.6) is 0 Å². The fraction of sp³-hybridized carbons (Fsp3) is 0.429. The second-order valence-corrected chi connectivity index (χ2v) is 8.02. The quantitative estimate of drug-likeness (QED) is 0.600. The average Bonchev–Trinajstić information content (AvgIpc) is 3.34. The van der Waals surface area contributed by atoms with Crippen LogP contribution in [0.1, 0.15) is 23.6 Å². The molecule has 1 fully saturated rings. The Morgan fingerprint density at radius 1 is 1.13 bits per heavy atom. The van der Waals surface area contributed by atoms with Crippen molar-refractivity contribution in [1.82, 2.24) is 29.8 Å². The Labute approximate surface area is 180 Å². The molecule has 0 radical (unpaired) electrons. The minimum Gasteiger partial charge on any atom is -0.419 e. The van der Waals surface area contributed by atoms with Gasteiger partial charge in [0.1, 0.15) is 5.69 Å². The number of rotatable bonds is 6. The van der Waals surface area contributed by atoms with E-state index in [1.807, 2.05) is 49.2 Å². The number of carbonyl (C=O) groups is 1. The van der Waals surface area contributed by atoms with Crippen LogP contribution >= 0.6 is 11.6 Å². The van der Waals surface area contributed by atoms with Crippen molar-refractivity contribution in [2.24, 2.45) is 7.05 Å². The summed E-state index contributed by atoms with van der Waals surface area (Å²) in [6.07, 6.45) is 0.802. The van der Waals surface area contributed by atoms with E-state index in [4.69, 9.17) is 16.0 Å². The van der Waals surface area contributed by atoms with Gasteiger partial charge in [0.15, 0.2) is 0 Å². The molecule has 0 N–H and O–H groups in total. The number of carbonyl (C=O) groups excluding carboxylic acids is 1. The number of benzene rings is 1. The molecule has 8 nitrogen and oxygen atoms in total. The first-order chi connectivity index (χ1) is 14.5. The third kappa shape index (κ3) is 4.88. The van der Waals surface area contributed by atoms with Gasteiger partial charge in [-0.1, -0.05) is 23.7 Å². The maximum atomic E-state index is 12.6. The molecule has 30 heavy (non-hydrogen) atoms. The van der Waals surface area contributed by atoms with Crippen LogP contribution in [0.2, 0.25) is 5.02 Å². The summed E-state index contributed by atoms with van der Waals surface area (Å²) in [7, 11) is 1.84. The molecular weight excluding hydrogens is 404 g/mol. The second-order valence-electron chi connectivity index (χ2n) is 7.58. The van der Waals surface area contributed by atoms with Gasteiger partial charge in [-0.3, -0.25) is 14.4 Å². The molecule has 1 aromatic carbocycles. The third-order valence-electron chi connectivity index (χ3n) is 5.29. The number of amides is 1. The Kier molecular flexibility index (Phi) is 6.15. The van der Waals surface area contributed by atoms with E-state index < -0.39 is 0 Å². The molecule has 1 aliphatic rings. The highest BCUT2D eigenvalue weighted by atomic mass is 35.5. The Hall–Kier alpha value is -2.71. The van der Waals surface area contributed by atoms with Gasteiger partial charge in [-0.15, -0.1) is 10.2 Å². The first-order valence-corrected chi connectivity index (χ1v) is 10.4. The Morgan fingerprint density at radius 3 is 2.53 bits per heavy atom. The largest absolute Gasteiger partial charge is 0.419 e. The van der Waals surface area contributed by atoms with Crippen LogP contribution in [0.4, 0.5) is 0 Å². The van der Waals surface area contributed by atoms with Crippen LogP contribution < -0.4 is 0 Å². The standard InChI is InChI=1S/C21H25ClN6O2/c1-15-13-18(26(2)25-15)21-24-23-19(30-21)7-8-20(29)28-11-9-27(10-12-28)14-16-3-5-17(22)6-4-16/h3-6,13H,7-12,14H2,1-2H3. The number of hydrogen-bond donors (Lipinski definition) is 0. The van der Waals surface area contributed by atoms with Crippen molar-refractivity contribution in [2.75, 3.05) is 26.2 Å². The Balaban J connectivity index is 1.24. The summed E-state index contributed by atoms with van der Waals surface area (Å²) in [5.74, 6) is 1.02. The van der Waals surface area contributed by atoms with Gasteiger partial charge in [-0.25, -0.2) is 0 Å². The minimum absolute atomic E-state index is 0.122. The molecule has 0 atom stereocenters. The molecule has 1 saturated heterocycles. The van der Waals surface area contributed by atoms with Crippen molar-refractivity contribution < 1.29 is 9.21 Å². The van der Waals surface area contributed by atoms with Crippen LogP contribution in [0.15, 0.2) is 34.7 Å². The molecule has 3 heterocycles. The van der Waals surface area contributed by atoms with Crippen molar-refractivity contribution in [3.05, 3.63) is 52.5 Å². The first kappa shape index (κ1) is 20.6. The van der Waals surface area contributed by atoms with Gasteiger partial charge in [0.2, 0.25) is 11.8 Å². The van der Waals surface area contributed by atoms with Crippen molar-refractivity contribution in [3.8, 4) is 11.6 Å². The highest BCUT2D eigenvalue weighted by molar-refractivity contribution is 6.30. The lowest BCUT2D eigenvalue weighted by atomic mass is 10.2. The summed E-state index contributed by atoms with van der Waals surface area (Å²) in [6, 6.07) is 9.81. The topological polar surface area (TPSA) is 80.3 Å². The van der Waals surface area contributed by atoms with E-state index in [-0.39, 0.29) is 5.91 Å². The number of hydrogen-bond acceptors (Lipinski definition) is 6. The SMILES string of the molecule is Cc1cc(-c2nnc(CCC(=O)N3CCN(Cc4ccc(Cl)cc4)CC3)o2)n(C)n1. The molecule has 4 rings (SSSR count). The van der Waals surface area contributed by atoms with Crippen LogP contribution in [0.3, 0.4) is 0 Å². The minimum atomic E-state index is 0.122. The number of aryl methyl sites for hydroxylation is 3. The van der Waals surface area contributed by atoms with E-state index in [9.17, 15) is 4.79 Å². The number of piperazine rings is 1. The van der Waals surface area contributed by atoms with E-state index in [1.165, 1.54) is 5.56 Å². The van der Waals surface area contributed by atoms with Crippen LogP contribution in [-0.4, -0.2) is 61.9 Å². The van der Waals surface area contributed by atoms with Crippen molar-refractivity contribution >= 4 is 17.5 Å². The highest BCUT2D eigenvalue weighted by Crippen LogP contribution is 2.19. The summed E-state index contributed by atoms with van der Waals surface area (Å²) < 4.78 is 7.43. The molecule has 158 valence electrons. The molecule has 0 saturated carbocycles. The van der Waals surface area contributed by atoms with Crippen molar-refractivity contribution in [2.45, 2.75) is 26.3 Å². The number of halogens is 1. The lowest BCUT2D eigenvalue weighted by Crippen LogP contribution is -2.48. The molecular formula is C21H25ClN6O2. The van der Waals surface area contributed by atoms with Gasteiger partial charge in [-0.05, 0) is 30.7 Å². The summed E-state index contributed by atoms with van der Waals surface area (Å²) in [5, 5.41) is 13.2. The van der Waals surface area contributed by atoms with Gasteiger partial charge in [0.25, 0.3) is 5.89 Å². The Morgan fingerprint density at radius 2 is 1.87 bits per heavy atom. The van der Waals surface area contributed by atoms with Crippen molar-refractivity contribution in [1.29, 1.82) is 0 Å². The lowest BCUT2D eigenvalue weighted by Gasteiger charge is -2.34. The number of nitrogens with zero attached hydrogens (tertiary/aromatic N) is 6. The van der Waals surface area contributed by atoms with E-state index in [2.05, 4.69) is 20.2 Å². The fourth-order valence-corrected chi connectivity index (χ4v) is 3.77. The Bertz CT molecular complexity index is 1000. The van der Waals surface area contributed by atoms with E-state index in [0.29, 0.717) is 24.6 Å². The highest BCUT2D eigenvalue weighted by Gasteiger charge is 2.22. The first-order valence-electron chi connectivity index (χ1n) is 10.1. The van der Waals surface area contributed by atoms with E-state index in [1.54, 1.807) is 4.68 Å². The molecule has 0 spiro atoms. The summed E-state index contributed by atoms with van der Waals surface area (Å²) in [5.41, 5.74) is 2.89. The van der Waals surface area contributed by atoms with Gasteiger partial charge in [0, 0.05) is 57.6 Å². The number of aromatic nitrogens is 4. The molecule has 0 bridgehead atoms. The maximum absolute atomic E-state index is 12.6. The fourth-order valence-electron chi connectivity index (χ4n) is 3.64. The van der Waals surface area contributed by atoms with Crippen LogP contribution in [-0.2, 0) is 24.8 Å². The van der Waals surface area contributed by atoms with E-state index >= 15 is 0 Å². The zero-order valence-corrected chi connectivity index (χ0v) is 18.0. The molecule has 0 unspecified atom stereocenters. The molecule has 2 aromatic heterocycles. The lowest BCUT2D eigenvalue weighted by molar-refractivity contribution is -0.133.